The Morgan fingerprint density at radius 2 is 1.23 bits per heavy atom. The van der Waals surface area contributed by atoms with Gasteiger partial charge in [-0.1, -0.05) is 82.7 Å². The average Bonchev–Trinajstić information content (AvgIpc) is 2.59. The summed E-state index contributed by atoms with van der Waals surface area (Å²) in [5, 5.41) is 11.8. The number of fused-ring (bicyclic) bond motifs is 2. The number of hydrogen-bond donors (Lipinski definition) is 0. The van der Waals surface area contributed by atoms with Crippen LogP contribution in [0.4, 0.5) is 0 Å². The van der Waals surface area contributed by atoms with Gasteiger partial charge >= 0.3 is 0 Å². The van der Waals surface area contributed by atoms with E-state index < -0.39 is 0 Å². The van der Waals surface area contributed by atoms with Crippen molar-refractivity contribution in [1.82, 2.24) is 0 Å². The van der Waals surface area contributed by atoms with E-state index in [9.17, 15) is 0 Å². The van der Waals surface area contributed by atoms with Gasteiger partial charge in [0.15, 0.2) is 0 Å². The molecule has 104 valence electrons. The van der Waals surface area contributed by atoms with Crippen molar-refractivity contribution >= 4 is 59.0 Å². The van der Waals surface area contributed by atoms with E-state index in [4.69, 9.17) is 0 Å². The van der Waals surface area contributed by atoms with E-state index in [1.807, 2.05) is 0 Å². The van der Waals surface area contributed by atoms with Crippen LogP contribution in [0.5, 0.6) is 0 Å². The van der Waals surface area contributed by atoms with Crippen LogP contribution >= 0.6 is 15.9 Å². The van der Waals surface area contributed by atoms with Gasteiger partial charge in [0.05, 0.1) is 0 Å². The summed E-state index contributed by atoms with van der Waals surface area (Å²) in [5.41, 5.74) is 1.39. The van der Waals surface area contributed by atoms with Gasteiger partial charge in [0.25, 0.3) is 0 Å². The van der Waals surface area contributed by atoms with Gasteiger partial charge in [-0.3, -0.25) is 0 Å². The average molecular weight is 345 g/mol. The fraction of sp³-hybridized carbons (Fsp3) is 0.0476. The number of halogens is 1. The molecule has 0 N–H and O–H groups in total. The molecule has 0 aromatic heterocycles. The van der Waals surface area contributed by atoms with Gasteiger partial charge in [0.1, 0.15) is 0 Å². The lowest BCUT2D eigenvalue weighted by Crippen LogP contribution is -1.90. The molecule has 0 amide bonds. The first-order chi connectivity index (χ1) is 10.9. The van der Waals surface area contributed by atoms with Crippen LogP contribution in [0.1, 0.15) is 5.56 Å². The predicted molar refractivity (Wildman–Crippen MR) is 100 cm³/mol. The van der Waals surface area contributed by atoms with Gasteiger partial charge < -0.3 is 0 Å². The zero-order chi connectivity index (χ0) is 14.7. The Balaban J connectivity index is 2.23. The Kier molecular flexibility index (Phi) is 2.51. The molecule has 0 aliphatic heterocycles. The maximum Gasteiger partial charge on any atom is 0.0295 e. The SMILES string of the molecule is BrCc1c2ccccc2c2ccc3cccc4ccc1c2c43. The fourth-order valence-corrected chi connectivity index (χ4v) is 4.43. The lowest BCUT2D eigenvalue weighted by atomic mass is 9.88. The van der Waals surface area contributed by atoms with Crippen molar-refractivity contribution in [2.24, 2.45) is 0 Å². The summed E-state index contributed by atoms with van der Waals surface area (Å²) in [6.45, 7) is 0. The van der Waals surface area contributed by atoms with Gasteiger partial charge in [0, 0.05) is 5.33 Å². The molecule has 0 aliphatic rings. The minimum absolute atomic E-state index is 0.877. The second-order valence-corrected chi connectivity index (χ2v) is 6.40. The third kappa shape index (κ3) is 1.47. The molecular weight excluding hydrogens is 332 g/mol. The molecular formula is C21H13Br. The predicted octanol–water partition coefficient (Wildman–Crippen LogP) is 6.63. The summed E-state index contributed by atoms with van der Waals surface area (Å²) in [6, 6.07) is 24.4. The zero-order valence-corrected chi connectivity index (χ0v) is 13.5. The smallest absolute Gasteiger partial charge is 0.0295 e. The second-order valence-electron chi connectivity index (χ2n) is 5.84. The molecule has 0 atom stereocenters. The summed E-state index contributed by atoms with van der Waals surface area (Å²) < 4.78 is 0. The molecule has 0 saturated heterocycles. The van der Waals surface area contributed by atoms with E-state index in [-0.39, 0.29) is 0 Å². The molecule has 5 aromatic rings. The lowest BCUT2D eigenvalue weighted by Gasteiger charge is -2.16. The number of alkyl halides is 1. The maximum atomic E-state index is 3.71. The molecule has 0 spiro atoms. The van der Waals surface area contributed by atoms with E-state index in [2.05, 4.69) is 82.7 Å². The third-order valence-electron chi connectivity index (χ3n) is 4.78. The molecule has 1 heteroatoms. The minimum atomic E-state index is 0.877. The fourth-order valence-electron chi connectivity index (χ4n) is 3.83. The Hall–Kier alpha value is -2.12. The number of hydrogen-bond acceptors (Lipinski definition) is 0. The summed E-state index contributed by atoms with van der Waals surface area (Å²) in [7, 11) is 0. The van der Waals surface area contributed by atoms with Crippen molar-refractivity contribution in [3.8, 4) is 0 Å². The number of benzene rings is 5. The molecule has 0 fully saturated rings. The third-order valence-corrected chi connectivity index (χ3v) is 5.34. The minimum Gasteiger partial charge on any atom is -0.0876 e. The summed E-state index contributed by atoms with van der Waals surface area (Å²) in [5.74, 6) is 0. The Morgan fingerprint density at radius 1 is 0.545 bits per heavy atom. The first kappa shape index (κ1) is 12.4. The molecule has 5 aromatic carbocycles. The number of rotatable bonds is 1. The van der Waals surface area contributed by atoms with Gasteiger partial charge in [-0.25, -0.2) is 0 Å². The highest BCUT2D eigenvalue weighted by molar-refractivity contribution is 9.08. The monoisotopic (exact) mass is 344 g/mol. The highest BCUT2D eigenvalue weighted by atomic mass is 79.9. The molecule has 22 heavy (non-hydrogen) atoms. The van der Waals surface area contributed by atoms with E-state index >= 15 is 0 Å². The van der Waals surface area contributed by atoms with Crippen molar-refractivity contribution in [3.63, 3.8) is 0 Å². The van der Waals surface area contributed by atoms with E-state index in [0.717, 1.165) is 5.33 Å². The van der Waals surface area contributed by atoms with Gasteiger partial charge in [0.2, 0.25) is 0 Å². The first-order valence-corrected chi connectivity index (χ1v) is 8.64. The van der Waals surface area contributed by atoms with Crippen LogP contribution in [0.3, 0.4) is 0 Å². The second kappa shape index (κ2) is 4.44. The summed E-state index contributed by atoms with van der Waals surface area (Å²) >= 11 is 3.71. The first-order valence-electron chi connectivity index (χ1n) is 7.51. The van der Waals surface area contributed by atoms with Crippen LogP contribution in [0, 0.1) is 0 Å². The van der Waals surface area contributed by atoms with Crippen LogP contribution in [0.2, 0.25) is 0 Å². The topological polar surface area (TPSA) is 0 Å². The van der Waals surface area contributed by atoms with Crippen molar-refractivity contribution in [3.05, 3.63) is 72.3 Å². The van der Waals surface area contributed by atoms with E-state index in [1.165, 1.54) is 48.7 Å². The standard InChI is InChI=1S/C21H13Br/c22-12-19-16-7-2-1-6-15(16)17-10-8-13-4-3-5-14-9-11-18(19)21(17)20(13)14/h1-11H,12H2. The quantitative estimate of drug-likeness (QED) is 0.182. The highest BCUT2D eigenvalue weighted by Crippen LogP contribution is 2.41. The van der Waals surface area contributed by atoms with Gasteiger partial charge in [-0.15, -0.1) is 0 Å². The van der Waals surface area contributed by atoms with Crippen molar-refractivity contribution in [2.45, 2.75) is 5.33 Å². The van der Waals surface area contributed by atoms with Crippen LogP contribution in [0.25, 0.3) is 43.1 Å². The molecule has 5 rings (SSSR count). The van der Waals surface area contributed by atoms with Crippen LogP contribution in [0.15, 0.2) is 66.7 Å². The molecule has 0 saturated carbocycles. The lowest BCUT2D eigenvalue weighted by molar-refractivity contribution is 1.55. The Labute approximate surface area is 136 Å². The highest BCUT2D eigenvalue weighted by Gasteiger charge is 2.14. The van der Waals surface area contributed by atoms with Gasteiger partial charge in [-0.2, -0.15) is 0 Å². The van der Waals surface area contributed by atoms with Gasteiger partial charge in [-0.05, 0) is 48.7 Å². The molecule has 0 heterocycles. The van der Waals surface area contributed by atoms with E-state index in [0.29, 0.717) is 0 Å². The Morgan fingerprint density at radius 3 is 1.95 bits per heavy atom. The molecule has 0 bridgehead atoms. The van der Waals surface area contributed by atoms with Crippen molar-refractivity contribution < 1.29 is 0 Å². The molecule has 0 nitrogen and oxygen atoms in total. The van der Waals surface area contributed by atoms with Crippen LogP contribution in [-0.2, 0) is 5.33 Å². The molecule has 0 radical (unpaired) electrons. The Bertz CT molecular complexity index is 1140. The zero-order valence-electron chi connectivity index (χ0n) is 11.9. The summed E-state index contributed by atoms with van der Waals surface area (Å²) in [4.78, 5) is 0. The van der Waals surface area contributed by atoms with Crippen LogP contribution in [-0.4, -0.2) is 0 Å². The van der Waals surface area contributed by atoms with E-state index in [1.54, 1.807) is 0 Å². The summed E-state index contributed by atoms with van der Waals surface area (Å²) in [6.07, 6.45) is 0. The molecule has 0 unspecified atom stereocenters. The van der Waals surface area contributed by atoms with Crippen molar-refractivity contribution in [1.29, 1.82) is 0 Å². The molecule has 0 aliphatic carbocycles. The largest absolute Gasteiger partial charge is 0.0876 e. The maximum absolute atomic E-state index is 3.71. The normalized spacial score (nSPS) is 12.0. The van der Waals surface area contributed by atoms with Crippen molar-refractivity contribution in [2.75, 3.05) is 0 Å². The van der Waals surface area contributed by atoms with Crippen LogP contribution < -0.4 is 0 Å².